The summed E-state index contributed by atoms with van der Waals surface area (Å²) < 4.78 is 23.0. The topological polar surface area (TPSA) is 52.6 Å². The predicted molar refractivity (Wildman–Crippen MR) is 65.5 cm³/mol. The molecule has 0 bridgehead atoms. The molecule has 0 spiro atoms. The summed E-state index contributed by atoms with van der Waals surface area (Å²) in [7, 11) is 0. The van der Waals surface area contributed by atoms with E-state index in [1.54, 1.807) is 6.92 Å². The minimum Gasteiger partial charge on any atom is -0.465 e. The van der Waals surface area contributed by atoms with Crippen LogP contribution in [0.25, 0.3) is 0 Å². The Morgan fingerprint density at radius 3 is 2.11 bits per heavy atom. The molecule has 0 amide bonds. The summed E-state index contributed by atoms with van der Waals surface area (Å²) in [5.41, 5.74) is -1.19. The normalized spacial score (nSPS) is 12.2. The van der Waals surface area contributed by atoms with Crippen molar-refractivity contribution in [3.05, 3.63) is 11.9 Å². The van der Waals surface area contributed by atoms with Gasteiger partial charge in [0.25, 0.3) is 0 Å². The van der Waals surface area contributed by atoms with Crippen LogP contribution in [0.4, 0.5) is 4.39 Å². The molecule has 0 aliphatic heterocycles. The minimum atomic E-state index is -1.19. The predicted octanol–water partition coefficient (Wildman–Crippen LogP) is 2.77. The van der Waals surface area contributed by atoms with E-state index in [-0.39, 0.29) is 13.2 Å². The van der Waals surface area contributed by atoms with Gasteiger partial charge in [-0.05, 0) is 32.8 Å². The van der Waals surface area contributed by atoms with Crippen LogP contribution in [0.2, 0.25) is 0 Å². The van der Waals surface area contributed by atoms with E-state index in [1.165, 1.54) is 13.8 Å². The Morgan fingerprint density at radius 1 is 1.11 bits per heavy atom. The number of carbonyl (C=O) groups is 2. The van der Waals surface area contributed by atoms with E-state index in [0.29, 0.717) is 12.8 Å². The van der Waals surface area contributed by atoms with Gasteiger partial charge in [0, 0.05) is 0 Å². The van der Waals surface area contributed by atoms with E-state index in [9.17, 15) is 14.0 Å². The van der Waals surface area contributed by atoms with Crippen LogP contribution >= 0.6 is 0 Å². The summed E-state index contributed by atoms with van der Waals surface area (Å²) in [6.07, 6.45) is 2.23. The first kappa shape index (κ1) is 16.6. The zero-order valence-corrected chi connectivity index (χ0v) is 11.4. The van der Waals surface area contributed by atoms with E-state index in [2.05, 4.69) is 4.74 Å². The number of ether oxygens (including phenoxy) is 2. The van der Waals surface area contributed by atoms with Gasteiger partial charge < -0.3 is 9.47 Å². The second-order valence-electron chi connectivity index (χ2n) is 4.49. The lowest BCUT2D eigenvalue weighted by Crippen LogP contribution is -2.26. The highest BCUT2D eigenvalue weighted by molar-refractivity contribution is 5.88. The van der Waals surface area contributed by atoms with Crippen LogP contribution in [0.3, 0.4) is 0 Å². The van der Waals surface area contributed by atoms with Crippen molar-refractivity contribution in [1.29, 1.82) is 0 Å². The largest absolute Gasteiger partial charge is 0.465 e. The third-order valence-electron chi connectivity index (χ3n) is 2.08. The van der Waals surface area contributed by atoms with Crippen LogP contribution in [0, 0.1) is 5.41 Å². The molecule has 0 aliphatic rings. The monoisotopic (exact) mass is 260 g/mol. The average Bonchev–Trinajstić information content (AvgIpc) is 2.32. The Balaban J connectivity index is 4.60. The van der Waals surface area contributed by atoms with Crippen molar-refractivity contribution in [2.45, 2.75) is 40.5 Å². The fourth-order valence-electron chi connectivity index (χ4n) is 1.08. The maximum atomic E-state index is 13.5. The first-order valence-corrected chi connectivity index (χ1v) is 6.07. The SMILES string of the molecule is CCCOC(=O)C(F)=CC(C)(C)C(=O)OCCC. The molecular weight excluding hydrogens is 239 g/mol. The Hall–Kier alpha value is -1.39. The molecule has 0 unspecified atom stereocenters. The Kier molecular flexibility index (Phi) is 7.24. The quantitative estimate of drug-likeness (QED) is 0.521. The van der Waals surface area contributed by atoms with Crippen molar-refractivity contribution in [2.75, 3.05) is 13.2 Å². The van der Waals surface area contributed by atoms with Gasteiger partial charge in [0.1, 0.15) is 0 Å². The number of rotatable bonds is 7. The molecule has 0 fully saturated rings. The fourth-order valence-corrected chi connectivity index (χ4v) is 1.08. The summed E-state index contributed by atoms with van der Waals surface area (Å²) in [6.45, 7) is 7.06. The summed E-state index contributed by atoms with van der Waals surface area (Å²) in [5.74, 6) is -2.68. The molecule has 0 heterocycles. The minimum absolute atomic E-state index is 0.154. The summed E-state index contributed by atoms with van der Waals surface area (Å²) >= 11 is 0. The molecule has 0 saturated carbocycles. The first-order valence-electron chi connectivity index (χ1n) is 6.07. The molecule has 104 valence electrons. The molecular formula is C13H21FO4. The average molecular weight is 260 g/mol. The van der Waals surface area contributed by atoms with Crippen LogP contribution in [0.15, 0.2) is 11.9 Å². The zero-order chi connectivity index (χ0) is 14.2. The molecule has 0 aromatic rings. The van der Waals surface area contributed by atoms with Crippen molar-refractivity contribution in [3.63, 3.8) is 0 Å². The van der Waals surface area contributed by atoms with Gasteiger partial charge in [-0.15, -0.1) is 0 Å². The highest BCUT2D eigenvalue weighted by Crippen LogP contribution is 2.22. The van der Waals surface area contributed by atoms with Crippen LogP contribution in [0.5, 0.6) is 0 Å². The van der Waals surface area contributed by atoms with E-state index < -0.39 is 23.2 Å². The van der Waals surface area contributed by atoms with Gasteiger partial charge in [-0.1, -0.05) is 13.8 Å². The van der Waals surface area contributed by atoms with Crippen LogP contribution in [-0.2, 0) is 19.1 Å². The van der Waals surface area contributed by atoms with Crippen molar-refractivity contribution in [2.24, 2.45) is 5.41 Å². The van der Waals surface area contributed by atoms with Gasteiger partial charge in [-0.3, -0.25) is 4.79 Å². The maximum Gasteiger partial charge on any atom is 0.366 e. The molecule has 4 nitrogen and oxygen atoms in total. The van der Waals surface area contributed by atoms with Gasteiger partial charge >= 0.3 is 11.9 Å². The summed E-state index contributed by atoms with van der Waals surface area (Å²) in [4.78, 5) is 22.8. The van der Waals surface area contributed by atoms with Gasteiger partial charge in [0.2, 0.25) is 5.83 Å². The summed E-state index contributed by atoms with van der Waals surface area (Å²) in [5, 5.41) is 0. The van der Waals surface area contributed by atoms with Crippen molar-refractivity contribution < 1.29 is 23.5 Å². The van der Waals surface area contributed by atoms with E-state index in [4.69, 9.17) is 4.74 Å². The van der Waals surface area contributed by atoms with E-state index in [0.717, 1.165) is 6.08 Å². The number of hydrogen-bond donors (Lipinski definition) is 0. The molecule has 0 aromatic carbocycles. The lowest BCUT2D eigenvalue weighted by Gasteiger charge is -2.18. The number of halogens is 1. The maximum absolute atomic E-state index is 13.5. The first-order chi connectivity index (χ1) is 8.35. The van der Waals surface area contributed by atoms with Crippen molar-refractivity contribution in [3.8, 4) is 0 Å². The van der Waals surface area contributed by atoms with E-state index >= 15 is 0 Å². The van der Waals surface area contributed by atoms with Gasteiger partial charge in [-0.25, -0.2) is 4.79 Å². The van der Waals surface area contributed by atoms with E-state index in [1.807, 2.05) is 6.92 Å². The second-order valence-corrected chi connectivity index (χ2v) is 4.49. The molecule has 0 radical (unpaired) electrons. The highest BCUT2D eigenvalue weighted by atomic mass is 19.1. The lowest BCUT2D eigenvalue weighted by molar-refractivity contribution is -0.151. The Bertz CT molecular complexity index is 321. The Morgan fingerprint density at radius 2 is 1.61 bits per heavy atom. The van der Waals surface area contributed by atoms with Gasteiger partial charge in [-0.2, -0.15) is 4.39 Å². The smallest absolute Gasteiger partial charge is 0.366 e. The van der Waals surface area contributed by atoms with Crippen molar-refractivity contribution in [1.82, 2.24) is 0 Å². The zero-order valence-electron chi connectivity index (χ0n) is 11.4. The number of esters is 2. The molecule has 0 saturated heterocycles. The van der Waals surface area contributed by atoms with Crippen LogP contribution in [-0.4, -0.2) is 25.2 Å². The molecule has 0 rings (SSSR count). The number of hydrogen-bond acceptors (Lipinski definition) is 4. The highest BCUT2D eigenvalue weighted by Gasteiger charge is 2.29. The van der Waals surface area contributed by atoms with Crippen LogP contribution < -0.4 is 0 Å². The molecule has 0 aliphatic carbocycles. The fraction of sp³-hybridized carbons (Fsp3) is 0.692. The van der Waals surface area contributed by atoms with Gasteiger partial charge in [0.05, 0.1) is 18.6 Å². The molecule has 5 heteroatoms. The van der Waals surface area contributed by atoms with Crippen molar-refractivity contribution >= 4 is 11.9 Å². The standard InChI is InChI=1S/C13H21FO4/c1-5-7-17-11(15)10(14)9-13(3,4)12(16)18-8-6-2/h9H,5-8H2,1-4H3. The third kappa shape index (κ3) is 5.80. The third-order valence-corrected chi connectivity index (χ3v) is 2.08. The Labute approximate surface area is 107 Å². The molecule has 18 heavy (non-hydrogen) atoms. The molecule has 0 N–H and O–H groups in total. The molecule has 0 aromatic heterocycles. The van der Waals surface area contributed by atoms with Crippen LogP contribution in [0.1, 0.15) is 40.5 Å². The molecule has 0 atom stereocenters. The summed E-state index contributed by atoms with van der Waals surface area (Å²) in [6, 6.07) is 0. The lowest BCUT2D eigenvalue weighted by atomic mass is 9.93. The van der Waals surface area contributed by atoms with Gasteiger partial charge in [0.15, 0.2) is 0 Å². The second kappa shape index (κ2) is 7.84. The number of carbonyl (C=O) groups excluding carboxylic acids is 2.